The number of hydrogen-bond donors (Lipinski definition) is 1. The van der Waals surface area contributed by atoms with Gasteiger partial charge in [-0.05, 0) is 18.4 Å². The van der Waals surface area contributed by atoms with Gasteiger partial charge in [-0.1, -0.05) is 41.9 Å². The average Bonchev–Trinajstić information content (AvgIpc) is 2.75. The van der Waals surface area contributed by atoms with Crippen molar-refractivity contribution in [2.45, 2.75) is 18.6 Å². The first-order chi connectivity index (χ1) is 14.3. The Kier molecular flexibility index (Phi) is 7.23. The molecule has 162 valence electrons. The van der Waals surface area contributed by atoms with Gasteiger partial charge < -0.3 is 14.8 Å². The number of benzene rings is 2. The van der Waals surface area contributed by atoms with Gasteiger partial charge in [0.2, 0.25) is 15.9 Å². The van der Waals surface area contributed by atoms with Crippen LogP contribution in [0.15, 0.2) is 42.5 Å². The molecule has 3 rings (SSSR count). The predicted octanol–water partition coefficient (Wildman–Crippen LogP) is 3.54. The normalized spacial score (nSPS) is 17.4. The lowest BCUT2D eigenvalue weighted by Gasteiger charge is -2.31. The molecule has 1 atom stereocenters. The minimum absolute atomic E-state index is 0.0790. The molecule has 7 nitrogen and oxygen atoms in total. The monoisotopic (exact) mass is 452 g/mol. The molecular weight excluding hydrogens is 428 g/mol. The third-order valence-electron chi connectivity index (χ3n) is 5.07. The number of halogens is 1. The Morgan fingerprint density at radius 2 is 1.87 bits per heavy atom. The molecular formula is C21H25ClN2O5S. The van der Waals surface area contributed by atoms with Crippen LogP contribution in [0.25, 0.3) is 0 Å². The van der Waals surface area contributed by atoms with E-state index in [-0.39, 0.29) is 18.2 Å². The van der Waals surface area contributed by atoms with Crippen molar-refractivity contribution in [3.63, 3.8) is 0 Å². The van der Waals surface area contributed by atoms with Crippen molar-refractivity contribution in [3.05, 3.63) is 53.1 Å². The summed E-state index contributed by atoms with van der Waals surface area (Å²) in [7, 11) is -0.553. The highest BCUT2D eigenvalue weighted by atomic mass is 35.5. The SMILES string of the molecule is COc1cc(NC(=O)[C@H]2CCCN(S(=O)(=O)Cc3ccccc3)C2)c(OC)cc1Cl. The van der Waals surface area contributed by atoms with Gasteiger partial charge in [0.1, 0.15) is 11.5 Å². The summed E-state index contributed by atoms with van der Waals surface area (Å²) in [5.41, 5.74) is 1.15. The zero-order valence-electron chi connectivity index (χ0n) is 16.9. The van der Waals surface area contributed by atoms with Crippen molar-refractivity contribution in [2.24, 2.45) is 5.92 Å². The molecule has 1 fully saturated rings. The summed E-state index contributed by atoms with van der Waals surface area (Å²) in [4.78, 5) is 12.9. The molecule has 9 heteroatoms. The van der Waals surface area contributed by atoms with E-state index in [1.807, 2.05) is 18.2 Å². The summed E-state index contributed by atoms with van der Waals surface area (Å²) < 4.78 is 37.6. The van der Waals surface area contributed by atoms with Crippen molar-refractivity contribution < 1.29 is 22.7 Å². The molecule has 0 bridgehead atoms. The van der Waals surface area contributed by atoms with Gasteiger partial charge in [-0.25, -0.2) is 12.7 Å². The first kappa shape index (κ1) is 22.4. The fourth-order valence-electron chi connectivity index (χ4n) is 3.48. The maximum absolute atomic E-state index is 12.9. The predicted molar refractivity (Wildman–Crippen MR) is 117 cm³/mol. The minimum atomic E-state index is -3.51. The van der Waals surface area contributed by atoms with Crippen LogP contribution < -0.4 is 14.8 Å². The van der Waals surface area contributed by atoms with Crippen LogP contribution in [-0.4, -0.2) is 45.9 Å². The molecule has 1 saturated heterocycles. The molecule has 1 aliphatic heterocycles. The first-order valence-electron chi connectivity index (χ1n) is 9.58. The molecule has 2 aromatic carbocycles. The summed E-state index contributed by atoms with van der Waals surface area (Å²) in [6.07, 6.45) is 1.23. The van der Waals surface area contributed by atoms with Crippen LogP contribution in [0, 0.1) is 5.92 Å². The van der Waals surface area contributed by atoms with Gasteiger partial charge >= 0.3 is 0 Å². The molecule has 1 aliphatic rings. The number of carbonyl (C=O) groups excluding carboxylic acids is 1. The van der Waals surface area contributed by atoms with E-state index in [4.69, 9.17) is 21.1 Å². The van der Waals surface area contributed by atoms with Crippen molar-refractivity contribution in [3.8, 4) is 11.5 Å². The first-order valence-corrected chi connectivity index (χ1v) is 11.6. The number of nitrogens with one attached hydrogen (secondary N) is 1. The van der Waals surface area contributed by atoms with E-state index >= 15 is 0 Å². The molecule has 0 aliphatic carbocycles. The molecule has 0 unspecified atom stereocenters. The molecule has 0 spiro atoms. The van der Waals surface area contributed by atoms with E-state index in [1.54, 1.807) is 24.3 Å². The number of carbonyl (C=O) groups is 1. The molecule has 1 heterocycles. The van der Waals surface area contributed by atoms with Gasteiger partial charge in [0.25, 0.3) is 0 Å². The molecule has 0 radical (unpaired) electrons. The summed E-state index contributed by atoms with van der Waals surface area (Å²) in [6, 6.07) is 12.2. The number of hydrogen-bond acceptors (Lipinski definition) is 5. The topological polar surface area (TPSA) is 84.9 Å². The number of sulfonamides is 1. The summed E-state index contributed by atoms with van der Waals surface area (Å²) >= 11 is 6.11. The van der Waals surface area contributed by atoms with Gasteiger partial charge in [-0.3, -0.25) is 4.79 Å². The number of piperidine rings is 1. The van der Waals surface area contributed by atoms with Crippen LogP contribution in [0.1, 0.15) is 18.4 Å². The summed E-state index contributed by atoms with van der Waals surface area (Å²) in [5, 5.41) is 3.19. The van der Waals surface area contributed by atoms with Gasteiger partial charge in [-0.15, -0.1) is 0 Å². The third kappa shape index (κ3) is 5.24. The minimum Gasteiger partial charge on any atom is -0.495 e. The second kappa shape index (κ2) is 9.68. The van der Waals surface area contributed by atoms with Gasteiger partial charge in [0.15, 0.2) is 0 Å². The van der Waals surface area contributed by atoms with E-state index in [1.165, 1.54) is 18.5 Å². The Balaban J connectivity index is 1.72. The van der Waals surface area contributed by atoms with Crippen LogP contribution in [0.4, 0.5) is 5.69 Å². The van der Waals surface area contributed by atoms with Gasteiger partial charge in [0.05, 0.1) is 36.6 Å². The van der Waals surface area contributed by atoms with E-state index in [9.17, 15) is 13.2 Å². The maximum Gasteiger partial charge on any atom is 0.228 e. The van der Waals surface area contributed by atoms with Crippen molar-refractivity contribution in [2.75, 3.05) is 32.6 Å². The molecule has 2 aromatic rings. The fraction of sp³-hybridized carbons (Fsp3) is 0.381. The number of methoxy groups -OCH3 is 2. The van der Waals surface area contributed by atoms with Crippen LogP contribution in [0.5, 0.6) is 11.5 Å². The molecule has 1 amide bonds. The molecule has 0 aromatic heterocycles. The average molecular weight is 453 g/mol. The third-order valence-corrected chi connectivity index (χ3v) is 7.18. The van der Waals surface area contributed by atoms with Crippen molar-refractivity contribution in [1.82, 2.24) is 4.31 Å². The van der Waals surface area contributed by atoms with Crippen LogP contribution in [0.2, 0.25) is 5.02 Å². The number of anilines is 1. The highest BCUT2D eigenvalue weighted by molar-refractivity contribution is 7.88. The van der Waals surface area contributed by atoms with Gasteiger partial charge in [-0.2, -0.15) is 0 Å². The Bertz CT molecular complexity index is 998. The van der Waals surface area contributed by atoms with E-state index in [0.717, 1.165) is 5.56 Å². The number of ether oxygens (including phenoxy) is 2. The summed E-state index contributed by atoms with van der Waals surface area (Å²) in [6.45, 7) is 0.561. The zero-order valence-corrected chi connectivity index (χ0v) is 18.5. The quantitative estimate of drug-likeness (QED) is 0.694. The van der Waals surface area contributed by atoms with E-state index in [0.29, 0.717) is 41.6 Å². The van der Waals surface area contributed by atoms with Gasteiger partial charge in [0, 0.05) is 25.2 Å². The number of amides is 1. The lowest BCUT2D eigenvalue weighted by atomic mass is 9.98. The number of nitrogens with zero attached hydrogens (tertiary/aromatic N) is 1. The maximum atomic E-state index is 12.9. The second-order valence-electron chi connectivity index (χ2n) is 7.12. The van der Waals surface area contributed by atoms with Crippen LogP contribution in [0.3, 0.4) is 0 Å². The Hall–Kier alpha value is -2.29. The molecule has 30 heavy (non-hydrogen) atoms. The second-order valence-corrected chi connectivity index (χ2v) is 9.49. The van der Waals surface area contributed by atoms with E-state index < -0.39 is 15.9 Å². The highest BCUT2D eigenvalue weighted by Crippen LogP contribution is 2.36. The Morgan fingerprint density at radius 1 is 1.17 bits per heavy atom. The lowest BCUT2D eigenvalue weighted by Crippen LogP contribution is -2.44. The fourth-order valence-corrected chi connectivity index (χ4v) is 5.32. The van der Waals surface area contributed by atoms with Crippen molar-refractivity contribution >= 4 is 33.2 Å². The van der Waals surface area contributed by atoms with Crippen molar-refractivity contribution in [1.29, 1.82) is 0 Å². The van der Waals surface area contributed by atoms with Crippen LogP contribution in [-0.2, 0) is 20.6 Å². The zero-order chi connectivity index (χ0) is 21.7. The Morgan fingerprint density at radius 3 is 2.53 bits per heavy atom. The van der Waals surface area contributed by atoms with E-state index in [2.05, 4.69) is 5.32 Å². The molecule has 0 saturated carbocycles. The smallest absolute Gasteiger partial charge is 0.228 e. The standard InChI is InChI=1S/C21H25ClN2O5S/c1-28-19-12-18(20(29-2)11-17(19)22)23-21(25)16-9-6-10-24(13-16)30(26,27)14-15-7-4-3-5-8-15/h3-5,7-8,11-12,16H,6,9-10,13-14H2,1-2H3,(H,23,25)/t16-/m0/s1. The summed E-state index contributed by atoms with van der Waals surface area (Å²) in [5.74, 6) is -0.000321. The lowest BCUT2D eigenvalue weighted by molar-refractivity contribution is -0.120. The largest absolute Gasteiger partial charge is 0.495 e. The number of rotatable bonds is 7. The highest BCUT2D eigenvalue weighted by Gasteiger charge is 2.32. The molecule has 1 N–H and O–H groups in total. The Labute approximate surface area is 182 Å². The van der Waals surface area contributed by atoms with Crippen LogP contribution >= 0.6 is 11.6 Å².